The van der Waals surface area contributed by atoms with Gasteiger partial charge in [0.1, 0.15) is 23.0 Å². The van der Waals surface area contributed by atoms with E-state index in [1.54, 1.807) is 50.2 Å². The summed E-state index contributed by atoms with van der Waals surface area (Å²) in [5.74, 6) is 1.53. The molecule has 0 N–H and O–H groups in total. The first-order chi connectivity index (χ1) is 15.0. The number of carbonyl (C=O) groups excluding carboxylic acids is 1. The summed E-state index contributed by atoms with van der Waals surface area (Å²) in [7, 11) is 0. The molecule has 0 aliphatic carbocycles. The summed E-state index contributed by atoms with van der Waals surface area (Å²) in [6.45, 7) is 5.98. The predicted molar refractivity (Wildman–Crippen MR) is 120 cm³/mol. The van der Waals surface area contributed by atoms with Crippen molar-refractivity contribution in [1.82, 2.24) is 0 Å². The molecule has 1 aromatic heterocycles. The number of carbonyl (C=O) groups is 1. The molecule has 0 unspecified atom stereocenters. The highest BCUT2D eigenvalue weighted by Crippen LogP contribution is 2.34. The molecule has 31 heavy (non-hydrogen) atoms. The van der Waals surface area contributed by atoms with Crippen LogP contribution in [0, 0.1) is 13.8 Å². The van der Waals surface area contributed by atoms with E-state index in [1.807, 2.05) is 37.3 Å². The molecule has 0 aliphatic heterocycles. The van der Waals surface area contributed by atoms with Gasteiger partial charge in [-0.3, -0.25) is 4.79 Å². The van der Waals surface area contributed by atoms with Crippen molar-refractivity contribution in [2.24, 2.45) is 0 Å². The van der Waals surface area contributed by atoms with Crippen LogP contribution < -0.4 is 14.9 Å². The molecule has 0 spiro atoms. The topological polar surface area (TPSA) is 65.7 Å². The minimum atomic E-state index is -0.503. The van der Waals surface area contributed by atoms with E-state index in [-0.39, 0.29) is 11.2 Å². The Morgan fingerprint density at radius 2 is 1.55 bits per heavy atom. The van der Waals surface area contributed by atoms with Crippen molar-refractivity contribution in [1.29, 1.82) is 0 Å². The smallest absolute Gasteiger partial charge is 0.343 e. The maximum Gasteiger partial charge on any atom is 0.343 e. The average molecular weight is 414 g/mol. The molecule has 0 radical (unpaired) electrons. The second-order valence-corrected chi connectivity index (χ2v) is 7.15. The molecule has 0 saturated carbocycles. The van der Waals surface area contributed by atoms with Gasteiger partial charge < -0.3 is 13.9 Å². The van der Waals surface area contributed by atoms with E-state index in [9.17, 15) is 9.59 Å². The Bertz CT molecular complexity index is 1300. The summed E-state index contributed by atoms with van der Waals surface area (Å²) in [6.07, 6.45) is 0. The van der Waals surface area contributed by atoms with Gasteiger partial charge in [-0.25, -0.2) is 4.79 Å². The zero-order valence-electron chi connectivity index (χ0n) is 17.6. The lowest BCUT2D eigenvalue weighted by atomic mass is 10.1. The van der Waals surface area contributed by atoms with E-state index in [4.69, 9.17) is 13.9 Å². The predicted octanol–water partition coefficient (Wildman–Crippen LogP) is 5.69. The second kappa shape index (κ2) is 8.48. The Hall–Kier alpha value is -3.86. The van der Waals surface area contributed by atoms with Crippen molar-refractivity contribution in [3.8, 4) is 22.6 Å². The molecule has 0 fully saturated rings. The summed E-state index contributed by atoms with van der Waals surface area (Å²) >= 11 is 0. The van der Waals surface area contributed by atoms with Gasteiger partial charge in [-0.05, 0) is 68.3 Å². The van der Waals surface area contributed by atoms with Gasteiger partial charge in [0.05, 0.1) is 22.9 Å². The normalized spacial score (nSPS) is 10.8. The largest absolute Gasteiger partial charge is 0.494 e. The zero-order chi connectivity index (χ0) is 22.0. The Balaban J connectivity index is 1.89. The number of esters is 1. The van der Waals surface area contributed by atoms with Crippen molar-refractivity contribution in [3.63, 3.8) is 0 Å². The third-order valence-corrected chi connectivity index (χ3v) is 5.04. The first-order valence-electron chi connectivity index (χ1n) is 10.1. The summed E-state index contributed by atoms with van der Waals surface area (Å²) in [5.41, 5.74) is 1.67. The van der Waals surface area contributed by atoms with E-state index in [0.717, 1.165) is 11.3 Å². The third kappa shape index (κ3) is 4.08. The van der Waals surface area contributed by atoms with Crippen molar-refractivity contribution < 1.29 is 18.7 Å². The average Bonchev–Trinajstić information content (AvgIpc) is 2.98. The highest BCUT2D eigenvalue weighted by atomic mass is 16.5. The monoisotopic (exact) mass is 414 g/mol. The van der Waals surface area contributed by atoms with Crippen LogP contribution in [-0.2, 0) is 0 Å². The number of aryl methyl sites for hydroxylation is 2. The number of furan rings is 1. The van der Waals surface area contributed by atoms with Crippen LogP contribution in [0.15, 0.2) is 75.9 Å². The van der Waals surface area contributed by atoms with E-state index >= 15 is 0 Å². The minimum Gasteiger partial charge on any atom is -0.494 e. The fraction of sp³-hybridized carbons (Fsp3) is 0.154. The van der Waals surface area contributed by atoms with Crippen molar-refractivity contribution in [2.45, 2.75) is 20.8 Å². The molecule has 4 rings (SSSR count). The molecule has 5 heteroatoms. The van der Waals surface area contributed by atoms with Crippen LogP contribution in [0.2, 0.25) is 0 Å². The first-order valence-corrected chi connectivity index (χ1v) is 10.1. The Kier molecular flexibility index (Phi) is 5.58. The van der Waals surface area contributed by atoms with Gasteiger partial charge in [-0.15, -0.1) is 0 Å². The number of hydrogen-bond acceptors (Lipinski definition) is 5. The number of rotatable bonds is 5. The van der Waals surface area contributed by atoms with Gasteiger partial charge in [0.2, 0.25) is 0 Å². The van der Waals surface area contributed by atoms with Gasteiger partial charge in [-0.2, -0.15) is 0 Å². The highest BCUT2D eigenvalue weighted by molar-refractivity contribution is 5.97. The van der Waals surface area contributed by atoms with Crippen molar-refractivity contribution in [2.75, 3.05) is 6.61 Å². The van der Waals surface area contributed by atoms with Gasteiger partial charge in [0.15, 0.2) is 5.43 Å². The van der Waals surface area contributed by atoms with E-state index in [1.165, 1.54) is 0 Å². The van der Waals surface area contributed by atoms with Crippen LogP contribution in [0.25, 0.3) is 21.9 Å². The fourth-order valence-electron chi connectivity index (χ4n) is 3.64. The quantitative estimate of drug-likeness (QED) is 0.392. The van der Waals surface area contributed by atoms with Gasteiger partial charge >= 0.3 is 5.97 Å². The van der Waals surface area contributed by atoms with Crippen LogP contribution in [-0.4, -0.2) is 12.6 Å². The van der Waals surface area contributed by atoms with Crippen molar-refractivity contribution >= 4 is 16.7 Å². The molecule has 0 saturated heterocycles. The van der Waals surface area contributed by atoms with Crippen LogP contribution in [0.4, 0.5) is 0 Å². The molecule has 5 nitrogen and oxygen atoms in total. The molecule has 0 amide bonds. The summed E-state index contributed by atoms with van der Waals surface area (Å²) < 4.78 is 17.0. The molecule has 0 aliphatic rings. The van der Waals surface area contributed by atoms with Crippen LogP contribution in [0.1, 0.15) is 28.8 Å². The maximum absolute atomic E-state index is 13.1. The van der Waals surface area contributed by atoms with Crippen LogP contribution >= 0.6 is 0 Å². The lowest BCUT2D eigenvalue weighted by Gasteiger charge is -2.07. The van der Waals surface area contributed by atoms with Gasteiger partial charge in [0, 0.05) is 0 Å². The highest BCUT2D eigenvalue weighted by Gasteiger charge is 2.19. The zero-order valence-corrected chi connectivity index (χ0v) is 17.6. The van der Waals surface area contributed by atoms with E-state index in [2.05, 4.69) is 0 Å². The van der Waals surface area contributed by atoms with Crippen LogP contribution in [0.3, 0.4) is 0 Å². The molecule has 3 aromatic carbocycles. The number of hydrogen-bond donors (Lipinski definition) is 0. The fourth-order valence-corrected chi connectivity index (χ4v) is 3.64. The lowest BCUT2D eigenvalue weighted by Crippen LogP contribution is -2.08. The SMILES string of the molecule is CCOc1ccc(-c2cc(OC(=O)c3ccccc3)c3c(C)oc(C)c3c(=O)c2)cc1. The van der Waals surface area contributed by atoms with Gasteiger partial charge in [-0.1, -0.05) is 30.3 Å². The third-order valence-electron chi connectivity index (χ3n) is 5.04. The summed E-state index contributed by atoms with van der Waals surface area (Å²) in [6, 6.07) is 19.4. The minimum absolute atomic E-state index is 0.199. The number of ether oxygens (including phenoxy) is 2. The number of fused-ring (bicyclic) bond motifs is 1. The molecular formula is C26H22O5. The molecule has 0 atom stereocenters. The molecule has 156 valence electrons. The first kappa shape index (κ1) is 20.4. The second-order valence-electron chi connectivity index (χ2n) is 7.15. The Morgan fingerprint density at radius 1 is 0.871 bits per heavy atom. The molecule has 0 bridgehead atoms. The summed E-state index contributed by atoms with van der Waals surface area (Å²) in [4.78, 5) is 25.8. The Labute approximate surface area is 179 Å². The maximum atomic E-state index is 13.1. The van der Waals surface area contributed by atoms with E-state index < -0.39 is 5.97 Å². The van der Waals surface area contributed by atoms with Gasteiger partial charge in [0.25, 0.3) is 0 Å². The standard InChI is InChI=1S/C26H22O5/c1-4-29-21-12-10-18(11-13-21)20-14-22(27)24-16(2)30-17(3)25(24)23(15-20)31-26(28)19-8-6-5-7-9-19/h5-15H,4H2,1-3H3. The summed E-state index contributed by atoms with van der Waals surface area (Å²) in [5, 5.41) is 0.912. The van der Waals surface area contributed by atoms with Crippen LogP contribution in [0.5, 0.6) is 11.5 Å². The van der Waals surface area contributed by atoms with E-state index in [0.29, 0.717) is 40.0 Å². The number of benzene rings is 2. The molecule has 4 aromatic rings. The Morgan fingerprint density at radius 3 is 2.23 bits per heavy atom. The lowest BCUT2D eigenvalue weighted by molar-refractivity contribution is 0.0737. The molecule has 1 heterocycles. The molecular weight excluding hydrogens is 392 g/mol. The van der Waals surface area contributed by atoms with Crippen molar-refractivity contribution in [3.05, 3.63) is 94.0 Å².